The lowest BCUT2D eigenvalue weighted by molar-refractivity contribution is 0.0707. The molecule has 0 radical (unpaired) electrons. The van der Waals surface area contributed by atoms with E-state index >= 15 is 0 Å². The minimum atomic E-state index is -0.0225. The zero-order valence-corrected chi connectivity index (χ0v) is 10.0. The largest absolute Gasteiger partial charge is 0.334 e. The monoisotopic (exact) mass is 229 g/mol. The zero-order valence-electron chi connectivity index (χ0n) is 9.27. The average molecular weight is 230 g/mol. The van der Waals surface area contributed by atoms with Crippen molar-refractivity contribution in [1.82, 2.24) is 14.7 Å². The molecular weight excluding hydrogens is 214 g/mol. The third-order valence-electron chi connectivity index (χ3n) is 2.25. The lowest BCUT2D eigenvalue weighted by Crippen LogP contribution is -2.39. The average Bonchev–Trinajstić information content (AvgIpc) is 2.59. The number of carbonyl (C=O) groups is 1. The molecule has 0 atom stereocenters. The van der Waals surface area contributed by atoms with Gasteiger partial charge in [0.2, 0.25) is 0 Å². The molecule has 0 aliphatic rings. The van der Waals surface area contributed by atoms with Crippen molar-refractivity contribution in [2.75, 3.05) is 12.4 Å². The van der Waals surface area contributed by atoms with Gasteiger partial charge in [0.1, 0.15) is 5.69 Å². The number of amides is 1. The summed E-state index contributed by atoms with van der Waals surface area (Å²) >= 11 is 5.67. The predicted octanol–water partition coefficient (Wildman–Crippen LogP) is 1.51. The Balaban J connectivity index is 2.86. The van der Waals surface area contributed by atoms with Gasteiger partial charge in [-0.1, -0.05) is 0 Å². The molecule has 0 aromatic carbocycles. The van der Waals surface area contributed by atoms with Gasteiger partial charge in [0.05, 0.1) is 0 Å². The molecule has 1 heterocycles. The summed E-state index contributed by atoms with van der Waals surface area (Å²) in [6.07, 6.45) is 1.62. The highest BCUT2D eigenvalue weighted by atomic mass is 35.5. The Morgan fingerprint density at radius 3 is 2.73 bits per heavy atom. The van der Waals surface area contributed by atoms with E-state index in [1.807, 2.05) is 13.8 Å². The van der Waals surface area contributed by atoms with Crippen molar-refractivity contribution in [1.29, 1.82) is 0 Å². The molecule has 1 aromatic rings. The fourth-order valence-electron chi connectivity index (χ4n) is 1.42. The van der Waals surface area contributed by atoms with Crippen LogP contribution >= 0.6 is 11.6 Å². The standard InChI is InChI=1S/C10H16ClN3O/c1-8(2)14(7-5-11)10(15)9-4-6-12-13(9)3/h4,6,8H,5,7H2,1-3H3. The number of aryl methyl sites for hydroxylation is 1. The molecule has 0 N–H and O–H groups in total. The Morgan fingerprint density at radius 1 is 1.67 bits per heavy atom. The first-order valence-corrected chi connectivity index (χ1v) is 5.46. The van der Waals surface area contributed by atoms with Crippen LogP contribution in [0.5, 0.6) is 0 Å². The van der Waals surface area contributed by atoms with E-state index < -0.39 is 0 Å². The molecule has 0 aliphatic heterocycles. The Bertz CT molecular complexity index is 335. The Morgan fingerprint density at radius 2 is 2.33 bits per heavy atom. The van der Waals surface area contributed by atoms with E-state index in [9.17, 15) is 4.79 Å². The lowest BCUT2D eigenvalue weighted by Gasteiger charge is -2.25. The number of hydrogen-bond acceptors (Lipinski definition) is 2. The summed E-state index contributed by atoms with van der Waals surface area (Å²) in [5, 5.41) is 3.98. The van der Waals surface area contributed by atoms with Crippen molar-refractivity contribution in [3.05, 3.63) is 18.0 Å². The smallest absolute Gasteiger partial charge is 0.272 e. The second-order valence-electron chi connectivity index (χ2n) is 3.62. The van der Waals surface area contributed by atoms with E-state index in [1.165, 1.54) is 0 Å². The summed E-state index contributed by atoms with van der Waals surface area (Å²) in [6.45, 7) is 4.50. The quantitative estimate of drug-likeness (QED) is 0.735. The number of aromatic nitrogens is 2. The molecule has 0 aliphatic carbocycles. The van der Waals surface area contributed by atoms with Gasteiger partial charge in [0.15, 0.2) is 0 Å². The Hall–Kier alpha value is -1.03. The molecule has 4 nitrogen and oxygen atoms in total. The molecule has 0 bridgehead atoms. The summed E-state index contributed by atoms with van der Waals surface area (Å²) in [6, 6.07) is 1.86. The van der Waals surface area contributed by atoms with Gasteiger partial charge >= 0.3 is 0 Å². The maximum Gasteiger partial charge on any atom is 0.272 e. The van der Waals surface area contributed by atoms with Crippen molar-refractivity contribution < 1.29 is 4.79 Å². The SMILES string of the molecule is CC(C)N(CCCl)C(=O)c1ccnn1C. The topological polar surface area (TPSA) is 38.1 Å². The fraction of sp³-hybridized carbons (Fsp3) is 0.600. The van der Waals surface area contributed by atoms with Crippen molar-refractivity contribution in [3.63, 3.8) is 0 Å². The minimum absolute atomic E-state index is 0.0225. The van der Waals surface area contributed by atoms with Crippen LogP contribution in [0.2, 0.25) is 0 Å². The third kappa shape index (κ3) is 2.72. The maximum atomic E-state index is 12.1. The van der Waals surface area contributed by atoms with Gasteiger partial charge in [0.25, 0.3) is 5.91 Å². The number of halogens is 1. The summed E-state index contributed by atoms with van der Waals surface area (Å²) < 4.78 is 1.58. The van der Waals surface area contributed by atoms with Gasteiger partial charge in [-0.15, -0.1) is 11.6 Å². The number of carbonyl (C=O) groups excluding carboxylic acids is 1. The molecule has 1 amide bonds. The second kappa shape index (κ2) is 5.16. The normalized spacial score (nSPS) is 10.7. The van der Waals surface area contributed by atoms with Gasteiger partial charge in [-0.25, -0.2) is 0 Å². The van der Waals surface area contributed by atoms with E-state index in [1.54, 1.807) is 28.9 Å². The molecule has 84 valence electrons. The van der Waals surface area contributed by atoms with Crippen LogP contribution in [0.25, 0.3) is 0 Å². The maximum absolute atomic E-state index is 12.1. The summed E-state index contributed by atoms with van der Waals surface area (Å²) in [5.74, 6) is 0.424. The molecule has 0 fully saturated rings. The van der Waals surface area contributed by atoms with Gasteiger partial charge in [-0.2, -0.15) is 5.10 Å². The van der Waals surface area contributed by atoms with Gasteiger partial charge in [-0.3, -0.25) is 9.48 Å². The molecule has 0 unspecified atom stereocenters. The zero-order chi connectivity index (χ0) is 11.4. The highest BCUT2D eigenvalue weighted by molar-refractivity contribution is 6.18. The first kappa shape index (κ1) is 12.0. The van der Waals surface area contributed by atoms with Crippen LogP contribution in [0, 0.1) is 0 Å². The highest BCUT2D eigenvalue weighted by Gasteiger charge is 2.20. The van der Waals surface area contributed by atoms with Crippen LogP contribution in [0.4, 0.5) is 0 Å². The fourth-order valence-corrected chi connectivity index (χ4v) is 1.60. The van der Waals surface area contributed by atoms with E-state index in [2.05, 4.69) is 5.10 Å². The van der Waals surface area contributed by atoms with Crippen LogP contribution in [-0.2, 0) is 7.05 Å². The second-order valence-corrected chi connectivity index (χ2v) is 4.00. The van der Waals surface area contributed by atoms with Gasteiger partial charge < -0.3 is 4.90 Å². The van der Waals surface area contributed by atoms with Crippen LogP contribution in [0.15, 0.2) is 12.3 Å². The lowest BCUT2D eigenvalue weighted by atomic mass is 10.2. The van der Waals surface area contributed by atoms with Crippen molar-refractivity contribution in [2.45, 2.75) is 19.9 Å². The van der Waals surface area contributed by atoms with Crippen LogP contribution < -0.4 is 0 Å². The third-order valence-corrected chi connectivity index (χ3v) is 2.42. The van der Waals surface area contributed by atoms with Crippen molar-refractivity contribution in [3.8, 4) is 0 Å². The summed E-state index contributed by atoms with van der Waals surface area (Å²) in [4.78, 5) is 13.8. The molecule has 1 aromatic heterocycles. The minimum Gasteiger partial charge on any atom is -0.334 e. The first-order chi connectivity index (χ1) is 7.07. The predicted molar refractivity (Wildman–Crippen MR) is 60.1 cm³/mol. The first-order valence-electron chi connectivity index (χ1n) is 4.93. The van der Waals surface area contributed by atoms with Gasteiger partial charge in [-0.05, 0) is 19.9 Å². The molecule has 1 rings (SSSR count). The number of rotatable bonds is 4. The van der Waals surface area contributed by atoms with Crippen molar-refractivity contribution in [2.24, 2.45) is 7.05 Å². The molecule has 5 heteroatoms. The van der Waals surface area contributed by atoms with Crippen LogP contribution in [-0.4, -0.2) is 39.1 Å². The van der Waals surface area contributed by atoms with E-state index in [-0.39, 0.29) is 11.9 Å². The molecule has 15 heavy (non-hydrogen) atoms. The molecule has 0 saturated carbocycles. The van der Waals surface area contributed by atoms with Crippen LogP contribution in [0.1, 0.15) is 24.3 Å². The number of alkyl halides is 1. The van der Waals surface area contributed by atoms with E-state index in [4.69, 9.17) is 11.6 Å². The Kier molecular flexibility index (Phi) is 4.15. The van der Waals surface area contributed by atoms with Crippen molar-refractivity contribution >= 4 is 17.5 Å². The van der Waals surface area contributed by atoms with Crippen LogP contribution in [0.3, 0.4) is 0 Å². The van der Waals surface area contributed by atoms with Gasteiger partial charge in [0, 0.05) is 31.7 Å². The molecule has 0 saturated heterocycles. The molecule has 0 spiro atoms. The number of hydrogen-bond donors (Lipinski definition) is 0. The number of nitrogens with zero attached hydrogens (tertiary/aromatic N) is 3. The summed E-state index contributed by atoms with van der Waals surface area (Å²) in [5.41, 5.74) is 0.591. The van der Waals surface area contributed by atoms with E-state index in [0.29, 0.717) is 18.1 Å². The highest BCUT2D eigenvalue weighted by Crippen LogP contribution is 2.07. The summed E-state index contributed by atoms with van der Waals surface area (Å²) in [7, 11) is 1.76. The van der Waals surface area contributed by atoms with E-state index in [0.717, 1.165) is 0 Å². The Labute approximate surface area is 94.8 Å². The molecular formula is C10H16ClN3O.